The van der Waals surface area contributed by atoms with Gasteiger partial charge in [-0.3, -0.25) is 13.9 Å². The van der Waals surface area contributed by atoms with Crippen molar-refractivity contribution in [3.63, 3.8) is 0 Å². The fourth-order valence-corrected chi connectivity index (χ4v) is 3.49. The van der Waals surface area contributed by atoms with Crippen molar-refractivity contribution in [2.45, 2.75) is 19.0 Å². The lowest BCUT2D eigenvalue weighted by molar-refractivity contribution is -0.133. The van der Waals surface area contributed by atoms with Crippen LogP contribution in [-0.4, -0.2) is 38.2 Å². The first-order chi connectivity index (χ1) is 15.2. The minimum Gasteiger partial charge on any atom is -0.496 e. The number of benzene rings is 1. The summed E-state index contributed by atoms with van der Waals surface area (Å²) >= 11 is 0. The van der Waals surface area contributed by atoms with E-state index in [0.717, 1.165) is 17.2 Å². The maximum Gasteiger partial charge on any atom is 0.389 e. The lowest BCUT2D eigenvalue weighted by atomic mass is 10.0. The van der Waals surface area contributed by atoms with E-state index in [2.05, 4.69) is 10.1 Å². The van der Waals surface area contributed by atoms with Crippen LogP contribution in [0.2, 0.25) is 0 Å². The number of alkyl halides is 3. The molecule has 0 unspecified atom stereocenters. The van der Waals surface area contributed by atoms with Crippen LogP contribution in [-0.2, 0) is 7.05 Å². The van der Waals surface area contributed by atoms with Gasteiger partial charge in [-0.2, -0.15) is 18.3 Å². The van der Waals surface area contributed by atoms with Crippen LogP contribution >= 0.6 is 0 Å². The summed E-state index contributed by atoms with van der Waals surface area (Å²) in [5.74, 6) is -2.05. The molecule has 0 aliphatic heterocycles. The summed E-state index contributed by atoms with van der Waals surface area (Å²) < 4.78 is 60.8. The first-order valence-corrected chi connectivity index (χ1v) is 9.60. The van der Waals surface area contributed by atoms with E-state index in [-0.39, 0.29) is 5.75 Å². The second-order valence-corrected chi connectivity index (χ2v) is 7.26. The van der Waals surface area contributed by atoms with Crippen molar-refractivity contribution in [3.8, 4) is 28.1 Å². The first-order valence-electron chi connectivity index (χ1n) is 9.60. The van der Waals surface area contributed by atoms with E-state index in [4.69, 9.17) is 4.74 Å². The van der Waals surface area contributed by atoms with Crippen LogP contribution in [0.15, 0.2) is 49.1 Å². The Balaban J connectivity index is 1.70. The molecule has 0 atom stereocenters. The number of imidazole rings is 1. The number of Topliss-reactive ketones (excluding diaryl/α,β-unsaturated/α-hetero) is 1. The average Bonchev–Trinajstić information content (AvgIpc) is 3.36. The fourth-order valence-electron chi connectivity index (χ4n) is 3.49. The number of ketones is 1. The Kier molecular flexibility index (Phi) is 5.45. The van der Waals surface area contributed by atoms with Crippen molar-refractivity contribution < 1.29 is 27.1 Å². The van der Waals surface area contributed by atoms with Gasteiger partial charge in [-0.15, -0.1) is 0 Å². The van der Waals surface area contributed by atoms with Crippen LogP contribution in [0.5, 0.6) is 5.75 Å². The van der Waals surface area contributed by atoms with Gasteiger partial charge < -0.3 is 4.74 Å². The molecule has 6 nitrogen and oxygen atoms in total. The van der Waals surface area contributed by atoms with Gasteiger partial charge in [0.2, 0.25) is 0 Å². The van der Waals surface area contributed by atoms with E-state index >= 15 is 0 Å². The maximum absolute atomic E-state index is 14.8. The van der Waals surface area contributed by atoms with Crippen molar-refractivity contribution in [2.24, 2.45) is 7.05 Å². The standard InChI is InChI=1S/C22H18F4N4O2/c1-29-12-15(10-28-29)13-4-6-30-17(11-27-20(30)9-13)14-7-16(23)21(19(8-14)32-2)18(31)3-5-22(24,25)26/h4,6-12H,3,5H2,1-2H3. The Bertz CT molecular complexity index is 1310. The van der Waals surface area contributed by atoms with Crippen LogP contribution in [0.25, 0.3) is 28.0 Å². The highest BCUT2D eigenvalue weighted by molar-refractivity contribution is 5.99. The molecule has 0 saturated carbocycles. The number of halogens is 4. The number of aromatic nitrogens is 4. The zero-order chi connectivity index (χ0) is 23.0. The van der Waals surface area contributed by atoms with E-state index in [9.17, 15) is 22.4 Å². The van der Waals surface area contributed by atoms with Gasteiger partial charge in [0.05, 0.1) is 37.2 Å². The number of carbonyl (C=O) groups is 1. The van der Waals surface area contributed by atoms with Gasteiger partial charge in [0, 0.05) is 37.0 Å². The predicted octanol–water partition coefficient (Wildman–Crippen LogP) is 5.07. The third kappa shape index (κ3) is 4.20. The summed E-state index contributed by atoms with van der Waals surface area (Å²) in [5, 5.41) is 4.15. The van der Waals surface area contributed by atoms with Crippen molar-refractivity contribution in [1.29, 1.82) is 0 Å². The topological polar surface area (TPSA) is 61.4 Å². The molecule has 0 bridgehead atoms. The summed E-state index contributed by atoms with van der Waals surface area (Å²) in [6.07, 6.45) is 0.208. The van der Waals surface area contributed by atoms with E-state index in [0.29, 0.717) is 16.9 Å². The van der Waals surface area contributed by atoms with E-state index < -0.39 is 36.2 Å². The molecule has 0 aliphatic carbocycles. The summed E-state index contributed by atoms with van der Waals surface area (Å²) in [7, 11) is 3.04. The molecule has 3 heterocycles. The van der Waals surface area contributed by atoms with Crippen LogP contribution in [0.3, 0.4) is 0 Å². The molecule has 4 rings (SSSR count). The SMILES string of the molecule is COc1cc(-c2cnc3cc(-c4cnn(C)c4)ccn23)cc(F)c1C(=O)CCC(F)(F)F. The van der Waals surface area contributed by atoms with Crippen LogP contribution < -0.4 is 4.74 Å². The van der Waals surface area contributed by atoms with Crippen LogP contribution in [0, 0.1) is 5.82 Å². The normalized spacial score (nSPS) is 11.8. The largest absolute Gasteiger partial charge is 0.496 e. The molecule has 0 amide bonds. The van der Waals surface area contributed by atoms with Gasteiger partial charge >= 0.3 is 6.18 Å². The number of hydrogen-bond acceptors (Lipinski definition) is 4. The summed E-state index contributed by atoms with van der Waals surface area (Å²) in [4.78, 5) is 16.6. The molecule has 10 heteroatoms. The molecular formula is C22H18F4N4O2. The summed E-state index contributed by atoms with van der Waals surface area (Å²) in [5.41, 5.74) is 2.82. The lowest BCUT2D eigenvalue weighted by Gasteiger charge is -2.12. The highest BCUT2D eigenvalue weighted by Gasteiger charge is 2.30. The fraction of sp³-hybridized carbons (Fsp3) is 0.227. The van der Waals surface area contributed by atoms with Gasteiger partial charge in [-0.1, -0.05) is 0 Å². The van der Waals surface area contributed by atoms with Crippen molar-refractivity contribution >= 4 is 11.4 Å². The minimum atomic E-state index is -4.51. The molecule has 166 valence electrons. The summed E-state index contributed by atoms with van der Waals surface area (Å²) in [6, 6.07) is 6.23. The monoisotopic (exact) mass is 446 g/mol. The number of rotatable bonds is 6. The summed E-state index contributed by atoms with van der Waals surface area (Å²) in [6.45, 7) is 0. The highest BCUT2D eigenvalue weighted by atomic mass is 19.4. The van der Waals surface area contributed by atoms with E-state index in [1.165, 1.54) is 13.2 Å². The number of ether oxygens (including phenoxy) is 1. The third-order valence-corrected chi connectivity index (χ3v) is 5.04. The van der Waals surface area contributed by atoms with Gasteiger partial charge in [0.15, 0.2) is 5.78 Å². The Morgan fingerprint density at radius 3 is 2.56 bits per heavy atom. The number of nitrogens with zero attached hydrogens (tertiary/aromatic N) is 4. The first kappa shape index (κ1) is 21.5. The molecule has 0 aliphatic rings. The molecule has 0 saturated heterocycles. The molecule has 3 aromatic heterocycles. The molecule has 0 radical (unpaired) electrons. The molecule has 1 aromatic carbocycles. The quantitative estimate of drug-likeness (QED) is 0.306. The predicted molar refractivity (Wildman–Crippen MR) is 109 cm³/mol. The maximum atomic E-state index is 14.8. The van der Waals surface area contributed by atoms with Gasteiger partial charge in [0.1, 0.15) is 17.2 Å². The Morgan fingerprint density at radius 1 is 1.12 bits per heavy atom. The van der Waals surface area contributed by atoms with Crippen LogP contribution in [0.1, 0.15) is 23.2 Å². The number of hydrogen-bond donors (Lipinski definition) is 0. The number of pyridine rings is 1. The number of aryl methyl sites for hydroxylation is 1. The van der Waals surface area contributed by atoms with Crippen molar-refractivity contribution in [1.82, 2.24) is 19.2 Å². The Hall–Kier alpha value is -3.69. The molecular weight excluding hydrogens is 428 g/mol. The molecule has 0 spiro atoms. The van der Waals surface area contributed by atoms with Crippen LogP contribution in [0.4, 0.5) is 17.6 Å². The van der Waals surface area contributed by atoms with Crippen molar-refractivity contribution in [2.75, 3.05) is 7.11 Å². The minimum absolute atomic E-state index is 0.130. The second kappa shape index (κ2) is 8.10. The third-order valence-electron chi connectivity index (χ3n) is 5.04. The second-order valence-electron chi connectivity index (χ2n) is 7.26. The number of methoxy groups -OCH3 is 1. The number of fused-ring (bicyclic) bond motifs is 1. The number of carbonyl (C=O) groups excluding carboxylic acids is 1. The molecule has 0 N–H and O–H groups in total. The van der Waals surface area contributed by atoms with E-state index in [1.807, 2.05) is 25.4 Å². The Morgan fingerprint density at radius 2 is 1.91 bits per heavy atom. The Labute approximate surface area is 180 Å². The molecule has 4 aromatic rings. The lowest BCUT2D eigenvalue weighted by Crippen LogP contribution is -2.13. The van der Waals surface area contributed by atoms with Gasteiger partial charge in [-0.05, 0) is 29.8 Å². The van der Waals surface area contributed by atoms with Gasteiger partial charge in [0.25, 0.3) is 0 Å². The van der Waals surface area contributed by atoms with E-state index in [1.54, 1.807) is 27.7 Å². The zero-order valence-corrected chi connectivity index (χ0v) is 17.2. The zero-order valence-electron chi connectivity index (χ0n) is 17.2. The highest BCUT2D eigenvalue weighted by Crippen LogP contribution is 2.33. The smallest absolute Gasteiger partial charge is 0.389 e. The average molecular weight is 446 g/mol. The molecule has 0 fully saturated rings. The van der Waals surface area contributed by atoms with Crippen molar-refractivity contribution in [3.05, 3.63) is 60.4 Å². The molecule has 32 heavy (non-hydrogen) atoms. The van der Waals surface area contributed by atoms with Gasteiger partial charge in [-0.25, -0.2) is 9.37 Å².